The Kier molecular flexibility index (Phi) is 4.87. The number of esters is 1. The van der Waals surface area contributed by atoms with E-state index in [2.05, 4.69) is 16.4 Å². The van der Waals surface area contributed by atoms with Crippen LogP contribution in [-0.2, 0) is 14.3 Å². The minimum Gasteiger partial charge on any atom is -0.467 e. The Morgan fingerprint density at radius 2 is 2.30 bits per heavy atom. The van der Waals surface area contributed by atoms with Crippen molar-refractivity contribution in [2.24, 2.45) is 5.92 Å². The fraction of sp³-hybridized carbons (Fsp3) is 0.400. The molecule has 0 fully saturated rings. The minimum absolute atomic E-state index is 0.0798. The topological polar surface area (TPSA) is 68.3 Å². The number of methoxy groups -OCH3 is 1. The summed E-state index contributed by atoms with van der Waals surface area (Å²) in [5.74, 6) is -0.685. The molecule has 0 aliphatic heterocycles. The fourth-order valence-electron chi connectivity index (χ4n) is 2.23. The summed E-state index contributed by atoms with van der Waals surface area (Å²) in [6, 6.07) is 2.67. The highest BCUT2D eigenvalue weighted by molar-refractivity contribution is 5.86. The van der Waals surface area contributed by atoms with Gasteiger partial charge in [0.25, 0.3) is 0 Å². The van der Waals surface area contributed by atoms with E-state index in [1.807, 2.05) is 6.08 Å². The zero-order chi connectivity index (χ0) is 14.4. The standard InChI is InChI=1S/C15H18N2O3/c1-20-15(19)13(12-8-5-9-16-10-12)17-14(18)11-6-3-2-4-7-11/h2-3,5,8-11,13H,4,6-7H2,1H3,(H,17,18)/t11-,13+/m1/s1. The van der Waals surface area contributed by atoms with Gasteiger partial charge in [0.15, 0.2) is 6.04 Å². The smallest absolute Gasteiger partial charge is 0.333 e. The molecule has 2 rings (SSSR count). The number of hydrogen-bond donors (Lipinski definition) is 1. The molecule has 0 aromatic carbocycles. The van der Waals surface area contributed by atoms with Crippen LogP contribution in [0.5, 0.6) is 0 Å². The Balaban J connectivity index is 2.10. The number of ether oxygens (including phenoxy) is 1. The van der Waals surface area contributed by atoms with Gasteiger partial charge in [0, 0.05) is 23.9 Å². The van der Waals surface area contributed by atoms with Crippen LogP contribution in [0.15, 0.2) is 36.7 Å². The number of hydrogen-bond acceptors (Lipinski definition) is 4. The van der Waals surface area contributed by atoms with Crippen LogP contribution in [0.4, 0.5) is 0 Å². The molecule has 0 saturated carbocycles. The largest absolute Gasteiger partial charge is 0.467 e. The lowest BCUT2D eigenvalue weighted by Gasteiger charge is -2.21. The van der Waals surface area contributed by atoms with Crippen molar-refractivity contribution in [2.75, 3.05) is 7.11 Å². The summed E-state index contributed by atoms with van der Waals surface area (Å²) < 4.78 is 4.76. The number of amides is 1. The molecule has 106 valence electrons. The number of pyridine rings is 1. The molecule has 1 amide bonds. The lowest BCUT2D eigenvalue weighted by molar-refractivity contribution is -0.145. The van der Waals surface area contributed by atoms with E-state index in [0.29, 0.717) is 12.0 Å². The van der Waals surface area contributed by atoms with Crippen LogP contribution in [0.2, 0.25) is 0 Å². The van der Waals surface area contributed by atoms with Crippen molar-refractivity contribution in [3.8, 4) is 0 Å². The molecule has 1 aliphatic rings. The maximum absolute atomic E-state index is 12.2. The van der Waals surface area contributed by atoms with E-state index < -0.39 is 12.0 Å². The van der Waals surface area contributed by atoms with Gasteiger partial charge in [-0.05, 0) is 25.3 Å². The van der Waals surface area contributed by atoms with Crippen molar-refractivity contribution in [1.82, 2.24) is 10.3 Å². The first-order valence-corrected chi connectivity index (χ1v) is 6.65. The first-order valence-electron chi connectivity index (χ1n) is 6.65. The summed E-state index contributed by atoms with van der Waals surface area (Å²) in [5, 5.41) is 2.77. The van der Waals surface area contributed by atoms with Gasteiger partial charge in [-0.1, -0.05) is 18.2 Å². The van der Waals surface area contributed by atoms with Gasteiger partial charge in [0.05, 0.1) is 7.11 Å². The van der Waals surface area contributed by atoms with Gasteiger partial charge >= 0.3 is 5.97 Å². The average Bonchev–Trinajstić information content (AvgIpc) is 2.53. The molecule has 5 nitrogen and oxygen atoms in total. The average molecular weight is 274 g/mol. The summed E-state index contributed by atoms with van der Waals surface area (Å²) in [6.45, 7) is 0. The van der Waals surface area contributed by atoms with Gasteiger partial charge in [0.1, 0.15) is 0 Å². The van der Waals surface area contributed by atoms with Gasteiger partial charge in [-0.2, -0.15) is 0 Å². The number of rotatable bonds is 4. The van der Waals surface area contributed by atoms with E-state index in [0.717, 1.165) is 12.8 Å². The molecule has 0 saturated heterocycles. The third kappa shape index (κ3) is 3.44. The Morgan fingerprint density at radius 3 is 2.90 bits per heavy atom. The second-order valence-electron chi connectivity index (χ2n) is 4.73. The molecule has 0 spiro atoms. The van der Waals surface area contributed by atoms with Gasteiger partial charge in [-0.25, -0.2) is 4.79 Å². The summed E-state index contributed by atoms with van der Waals surface area (Å²) in [7, 11) is 1.31. The molecule has 1 heterocycles. The van der Waals surface area contributed by atoms with Crippen LogP contribution in [0.3, 0.4) is 0 Å². The summed E-state index contributed by atoms with van der Waals surface area (Å²) in [5.41, 5.74) is 0.624. The second-order valence-corrected chi connectivity index (χ2v) is 4.73. The number of carbonyl (C=O) groups excluding carboxylic acids is 2. The van der Waals surface area contributed by atoms with E-state index in [1.165, 1.54) is 7.11 Å². The first-order chi connectivity index (χ1) is 9.72. The van der Waals surface area contributed by atoms with E-state index in [9.17, 15) is 9.59 Å². The Hall–Kier alpha value is -2.17. The highest BCUT2D eigenvalue weighted by Gasteiger charge is 2.27. The zero-order valence-corrected chi connectivity index (χ0v) is 11.4. The molecule has 2 atom stereocenters. The Morgan fingerprint density at radius 1 is 1.45 bits per heavy atom. The Labute approximate surface area is 118 Å². The van der Waals surface area contributed by atoms with Gasteiger partial charge in [-0.3, -0.25) is 9.78 Å². The van der Waals surface area contributed by atoms with Crippen LogP contribution < -0.4 is 5.32 Å². The molecule has 0 radical (unpaired) electrons. The lowest BCUT2D eigenvalue weighted by Crippen LogP contribution is -2.38. The van der Waals surface area contributed by atoms with E-state index in [-0.39, 0.29) is 11.8 Å². The molecular formula is C15H18N2O3. The quantitative estimate of drug-likeness (QED) is 0.671. The SMILES string of the molecule is COC(=O)[C@@H](NC(=O)[C@@H]1CC=CCC1)c1cccnc1. The highest BCUT2D eigenvalue weighted by Crippen LogP contribution is 2.20. The summed E-state index contributed by atoms with van der Waals surface area (Å²) >= 11 is 0. The molecule has 0 bridgehead atoms. The Bertz CT molecular complexity index is 499. The maximum atomic E-state index is 12.2. The molecule has 1 N–H and O–H groups in total. The normalized spacial score (nSPS) is 19.1. The summed E-state index contributed by atoms with van der Waals surface area (Å²) in [4.78, 5) is 28.1. The number of nitrogens with zero attached hydrogens (tertiary/aromatic N) is 1. The van der Waals surface area contributed by atoms with Crippen molar-refractivity contribution >= 4 is 11.9 Å². The fourth-order valence-corrected chi connectivity index (χ4v) is 2.23. The number of nitrogens with one attached hydrogen (secondary N) is 1. The third-order valence-corrected chi connectivity index (χ3v) is 3.38. The highest BCUT2D eigenvalue weighted by atomic mass is 16.5. The van der Waals surface area contributed by atoms with Crippen LogP contribution >= 0.6 is 0 Å². The molecular weight excluding hydrogens is 256 g/mol. The lowest BCUT2D eigenvalue weighted by atomic mass is 9.93. The number of aromatic nitrogens is 1. The summed E-state index contributed by atoms with van der Waals surface area (Å²) in [6.07, 6.45) is 9.67. The van der Waals surface area contributed by atoms with Crippen LogP contribution in [0, 0.1) is 5.92 Å². The van der Waals surface area contributed by atoms with Gasteiger partial charge in [-0.15, -0.1) is 0 Å². The zero-order valence-electron chi connectivity index (χ0n) is 11.4. The number of allylic oxidation sites excluding steroid dienone is 2. The number of carbonyl (C=O) groups is 2. The molecule has 5 heteroatoms. The monoisotopic (exact) mass is 274 g/mol. The van der Waals surface area contributed by atoms with Crippen molar-refractivity contribution < 1.29 is 14.3 Å². The van der Waals surface area contributed by atoms with E-state index in [4.69, 9.17) is 4.74 Å². The van der Waals surface area contributed by atoms with Crippen molar-refractivity contribution in [1.29, 1.82) is 0 Å². The molecule has 0 unspecified atom stereocenters. The minimum atomic E-state index is -0.799. The van der Waals surface area contributed by atoms with E-state index >= 15 is 0 Å². The third-order valence-electron chi connectivity index (χ3n) is 3.38. The molecule has 1 aliphatic carbocycles. The van der Waals surface area contributed by atoms with E-state index in [1.54, 1.807) is 24.5 Å². The molecule has 20 heavy (non-hydrogen) atoms. The van der Waals surface area contributed by atoms with Gasteiger partial charge < -0.3 is 10.1 Å². The predicted molar refractivity (Wildman–Crippen MR) is 73.6 cm³/mol. The van der Waals surface area contributed by atoms with Crippen molar-refractivity contribution in [2.45, 2.75) is 25.3 Å². The van der Waals surface area contributed by atoms with Gasteiger partial charge in [0.2, 0.25) is 5.91 Å². The first kappa shape index (κ1) is 14.2. The van der Waals surface area contributed by atoms with Crippen LogP contribution in [0.25, 0.3) is 0 Å². The molecule has 1 aromatic rings. The van der Waals surface area contributed by atoms with Crippen LogP contribution in [-0.4, -0.2) is 24.0 Å². The second kappa shape index (κ2) is 6.84. The van der Waals surface area contributed by atoms with Crippen molar-refractivity contribution in [3.05, 3.63) is 42.2 Å². The maximum Gasteiger partial charge on any atom is 0.333 e. The molecule has 1 aromatic heterocycles. The predicted octanol–water partition coefficient (Wildman–Crippen LogP) is 1.77. The van der Waals surface area contributed by atoms with Crippen molar-refractivity contribution in [3.63, 3.8) is 0 Å². The van der Waals surface area contributed by atoms with Crippen LogP contribution in [0.1, 0.15) is 30.9 Å².